The minimum Gasteiger partial charge on any atom is -0.479 e. The van der Waals surface area contributed by atoms with Crippen LogP contribution in [0.5, 0.6) is 0 Å². The summed E-state index contributed by atoms with van der Waals surface area (Å²) in [5, 5.41) is 13.9. The van der Waals surface area contributed by atoms with Crippen molar-refractivity contribution in [3.63, 3.8) is 0 Å². The quantitative estimate of drug-likeness (QED) is 0.645. The number of nitroso groups, excluding NO2 is 1. The van der Waals surface area contributed by atoms with Gasteiger partial charge in [0.15, 0.2) is 5.76 Å². The third-order valence-corrected chi connectivity index (χ3v) is 1.07. The molecule has 1 atom stereocenters. The van der Waals surface area contributed by atoms with E-state index in [1.807, 2.05) is 0 Å². The molecule has 58 valence electrons. The smallest absolute Gasteiger partial charge is 0.340 e. The van der Waals surface area contributed by atoms with E-state index in [2.05, 4.69) is 14.9 Å². The summed E-state index contributed by atoms with van der Waals surface area (Å²) in [6.07, 6.45) is 1.25. The highest BCUT2D eigenvalue weighted by Gasteiger charge is 2.23. The van der Waals surface area contributed by atoms with Crippen LogP contribution in [-0.4, -0.2) is 16.2 Å². The topological polar surface area (TPSA) is 92.8 Å². The molecule has 0 aromatic carbocycles. The van der Waals surface area contributed by atoms with Gasteiger partial charge in [-0.05, 0) is 5.18 Å². The molecule has 0 saturated heterocycles. The second-order valence-electron chi connectivity index (χ2n) is 1.76. The second-order valence-corrected chi connectivity index (χ2v) is 1.76. The second kappa shape index (κ2) is 2.91. The predicted octanol–water partition coefficient (Wildman–Crippen LogP) is 0.567. The number of carboxylic acid groups (broad SMARTS) is 1. The molecule has 0 aliphatic heterocycles. The molecular formula is C5H4N2O4. The molecule has 0 saturated carbocycles. The van der Waals surface area contributed by atoms with Gasteiger partial charge in [0.25, 0.3) is 0 Å². The first-order valence-electron chi connectivity index (χ1n) is 2.71. The van der Waals surface area contributed by atoms with Gasteiger partial charge in [-0.3, -0.25) is 0 Å². The van der Waals surface area contributed by atoms with Crippen LogP contribution in [0.1, 0.15) is 11.8 Å². The third-order valence-electron chi connectivity index (χ3n) is 1.07. The summed E-state index contributed by atoms with van der Waals surface area (Å²) in [5.41, 5.74) is 0. The Labute approximate surface area is 60.8 Å². The fourth-order valence-electron chi connectivity index (χ4n) is 0.585. The minimum atomic E-state index is -1.49. The van der Waals surface area contributed by atoms with Gasteiger partial charge in [-0.1, -0.05) is 5.16 Å². The highest BCUT2D eigenvalue weighted by molar-refractivity contribution is 5.74. The molecule has 0 fully saturated rings. The molecule has 1 heterocycles. The lowest BCUT2D eigenvalue weighted by molar-refractivity contribution is -0.139. The fourth-order valence-corrected chi connectivity index (χ4v) is 0.585. The van der Waals surface area contributed by atoms with Crippen molar-refractivity contribution in [2.45, 2.75) is 6.04 Å². The van der Waals surface area contributed by atoms with Gasteiger partial charge in [0.1, 0.15) is 0 Å². The van der Waals surface area contributed by atoms with Crippen molar-refractivity contribution >= 4 is 5.97 Å². The molecule has 0 aliphatic carbocycles. The van der Waals surface area contributed by atoms with E-state index in [-0.39, 0.29) is 5.76 Å². The molecule has 6 nitrogen and oxygen atoms in total. The molecular weight excluding hydrogens is 152 g/mol. The zero-order valence-electron chi connectivity index (χ0n) is 5.30. The fraction of sp³-hybridized carbons (Fsp3) is 0.200. The van der Waals surface area contributed by atoms with Crippen LogP contribution in [0.3, 0.4) is 0 Å². The van der Waals surface area contributed by atoms with Crippen LogP contribution in [0.4, 0.5) is 0 Å². The van der Waals surface area contributed by atoms with Gasteiger partial charge in [0, 0.05) is 6.07 Å². The largest absolute Gasteiger partial charge is 0.479 e. The molecule has 0 spiro atoms. The van der Waals surface area contributed by atoms with Crippen LogP contribution in [0.2, 0.25) is 0 Å². The van der Waals surface area contributed by atoms with Crippen LogP contribution in [0.25, 0.3) is 0 Å². The summed E-state index contributed by atoms with van der Waals surface area (Å²) in [7, 11) is 0. The molecule has 1 unspecified atom stereocenters. The van der Waals surface area contributed by atoms with Gasteiger partial charge >= 0.3 is 5.97 Å². The van der Waals surface area contributed by atoms with Crippen molar-refractivity contribution in [1.82, 2.24) is 5.16 Å². The van der Waals surface area contributed by atoms with Crippen molar-refractivity contribution in [2.24, 2.45) is 5.18 Å². The maximum Gasteiger partial charge on any atom is 0.340 e. The van der Waals surface area contributed by atoms with Crippen LogP contribution in [0, 0.1) is 4.91 Å². The Kier molecular flexibility index (Phi) is 1.95. The Morgan fingerprint density at radius 1 is 1.82 bits per heavy atom. The number of rotatable bonds is 3. The van der Waals surface area contributed by atoms with E-state index in [9.17, 15) is 9.70 Å². The molecule has 11 heavy (non-hydrogen) atoms. The van der Waals surface area contributed by atoms with Crippen molar-refractivity contribution in [2.75, 3.05) is 0 Å². The Morgan fingerprint density at radius 2 is 2.55 bits per heavy atom. The predicted molar refractivity (Wildman–Crippen MR) is 32.7 cm³/mol. The number of aliphatic carboxylic acids is 1. The monoisotopic (exact) mass is 156 g/mol. The van der Waals surface area contributed by atoms with Crippen LogP contribution in [0.15, 0.2) is 22.0 Å². The van der Waals surface area contributed by atoms with E-state index < -0.39 is 12.0 Å². The first-order chi connectivity index (χ1) is 5.25. The minimum absolute atomic E-state index is 0.0625. The molecule has 1 rings (SSSR count). The number of hydrogen-bond acceptors (Lipinski definition) is 5. The standard InChI is InChI=1S/C5H4N2O4/c8-5(9)4(7-10)3-1-2-6-11-3/h1-2,4H,(H,8,9). The summed E-state index contributed by atoms with van der Waals surface area (Å²) in [5.74, 6) is -1.41. The van der Waals surface area contributed by atoms with Gasteiger partial charge in [-0.25, -0.2) is 4.79 Å². The Bertz CT molecular complexity index is 255. The highest BCUT2D eigenvalue weighted by Crippen LogP contribution is 2.15. The number of carbonyl (C=O) groups is 1. The summed E-state index contributed by atoms with van der Waals surface area (Å²) in [6, 6.07) is -0.210. The Hall–Kier alpha value is -1.72. The maximum absolute atomic E-state index is 10.2. The number of hydrogen-bond donors (Lipinski definition) is 1. The average molecular weight is 156 g/mol. The molecule has 6 heteroatoms. The number of carboxylic acids is 1. The lowest BCUT2D eigenvalue weighted by Gasteiger charge is -1.94. The third kappa shape index (κ3) is 1.40. The SMILES string of the molecule is O=NC(C(=O)O)c1ccno1. The van der Waals surface area contributed by atoms with Gasteiger partial charge in [0.2, 0.25) is 6.04 Å². The number of nitrogens with zero attached hydrogens (tertiary/aromatic N) is 2. The zero-order valence-corrected chi connectivity index (χ0v) is 5.30. The molecule has 1 aromatic heterocycles. The normalized spacial score (nSPS) is 12.4. The van der Waals surface area contributed by atoms with E-state index in [0.29, 0.717) is 0 Å². The molecule has 1 aromatic rings. The van der Waals surface area contributed by atoms with E-state index in [4.69, 9.17) is 5.11 Å². The first-order valence-corrected chi connectivity index (χ1v) is 2.71. The van der Waals surface area contributed by atoms with E-state index in [1.165, 1.54) is 12.3 Å². The van der Waals surface area contributed by atoms with Gasteiger partial charge in [-0.2, -0.15) is 0 Å². The maximum atomic E-state index is 10.2. The van der Waals surface area contributed by atoms with Crippen molar-refractivity contribution in [1.29, 1.82) is 0 Å². The number of aromatic nitrogens is 1. The average Bonchev–Trinajstić information content (AvgIpc) is 2.40. The van der Waals surface area contributed by atoms with Crippen LogP contribution < -0.4 is 0 Å². The van der Waals surface area contributed by atoms with Gasteiger partial charge in [-0.15, -0.1) is 4.91 Å². The lowest BCUT2D eigenvalue weighted by atomic mass is 10.2. The summed E-state index contributed by atoms with van der Waals surface area (Å²) < 4.78 is 4.42. The van der Waals surface area contributed by atoms with Crippen molar-refractivity contribution in [3.05, 3.63) is 22.9 Å². The molecule has 0 radical (unpaired) electrons. The highest BCUT2D eigenvalue weighted by atomic mass is 16.5. The van der Waals surface area contributed by atoms with E-state index in [1.54, 1.807) is 0 Å². The van der Waals surface area contributed by atoms with E-state index >= 15 is 0 Å². The van der Waals surface area contributed by atoms with Gasteiger partial charge in [0.05, 0.1) is 6.20 Å². The molecule has 0 amide bonds. The first kappa shape index (κ1) is 7.39. The van der Waals surface area contributed by atoms with Crippen molar-refractivity contribution < 1.29 is 14.4 Å². The summed E-state index contributed by atoms with van der Waals surface area (Å²) in [6.45, 7) is 0. The lowest BCUT2D eigenvalue weighted by Crippen LogP contribution is -2.07. The van der Waals surface area contributed by atoms with Crippen molar-refractivity contribution in [3.8, 4) is 0 Å². The summed E-state index contributed by atoms with van der Waals surface area (Å²) in [4.78, 5) is 20.2. The Morgan fingerprint density at radius 3 is 2.91 bits per heavy atom. The van der Waals surface area contributed by atoms with Crippen LogP contribution in [-0.2, 0) is 4.79 Å². The van der Waals surface area contributed by atoms with Gasteiger partial charge < -0.3 is 9.63 Å². The molecule has 0 bridgehead atoms. The Balaban J connectivity index is 2.88. The molecule has 0 aliphatic rings. The molecule has 1 N–H and O–H groups in total. The zero-order chi connectivity index (χ0) is 8.27. The van der Waals surface area contributed by atoms with Crippen LogP contribution >= 0.6 is 0 Å². The van der Waals surface area contributed by atoms with E-state index in [0.717, 1.165) is 0 Å². The summed E-state index contributed by atoms with van der Waals surface area (Å²) >= 11 is 0.